The Hall–Kier alpha value is -1.56. The first kappa shape index (κ1) is 14.8. The zero-order chi connectivity index (χ0) is 14.7. The molecular weight excluding hydrogens is 281 g/mol. The van der Waals surface area contributed by atoms with E-state index >= 15 is 0 Å². The molecule has 0 aliphatic carbocycles. The highest BCUT2D eigenvalue weighted by Gasteiger charge is 2.38. The summed E-state index contributed by atoms with van der Waals surface area (Å²) in [4.78, 5) is 24.6. The third kappa shape index (κ3) is 2.95. The van der Waals surface area contributed by atoms with E-state index in [1.54, 1.807) is 12.1 Å². The molecule has 0 spiro atoms. The van der Waals surface area contributed by atoms with E-state index in [1.165, 1.54) is 28.8 Å². The van der Waals surface area contributed by atoms with Gasteiger partial charge in [0, 0.05) is 12.2 Å². The van der Waals surface area contributed by atoms with Crippen LogP contribution in [-0.2, 0) is 9.59 Å². The van der Waals surface area contributed by atoms with Crippen molar-refractivity contribution in [1.29, 1.82) is 0 Å². The van der Waals surface area contributed by atoms with Crippen molar-refractivity contribution in [3.8, 4) is 0 Å². The third-order valence-corrected chi connectivity index (χ3v) is 4.48. The summed E-state index contributed by atoms with van der Waals surface area (Å²) in [6.07, 6.45) is 0.909. The van der Waals surface area contributed by atoms with Gasteiger partial charge in [-0.15, -0.1) is 11.8 Å². The number of benzene rings is 1. The lowest BCUT2D eigenvalue weighted by molar-refractivity contribution is -0.310. The highest BCUT2D eigenvalue weighted by molar-refractivity contribution is 7.99. The maximum absolute atomic E-state index is 13.3. The zero-order valence-electron chi connectivity index (χ0n) is 11.0. The number of nitrogens with zero attached hydrogens (tertiary/aromatic N) is 1. The van der Waals surface area contributed by atoms with Crippen LogP contribution in [0.3, 0.4) is 0 Å². The van der Waals surface area contributed by atoms with E-state index in [0.717, 1.165) is 0 Å². The minimum atomic E-state index is -1.26. The van der Waals surface area contributed by atoms with Crippen LogP contribution in [0.1, 0.15) is 30.7 Å². The van der Waals surface area contributed by atoms with Crippen molar-refractivity contribution >= 4 is 23.6 Å². The maximum atomic E-state index is 13.3. The van der Waals surface area contributed by atoms with Crippen LogP contribution in [0.2, 0.25) is 0 Å². The molecule has 0 N–H and O–H groups in total. The van der Waals surface area contributed by atoms with E-state index in [4.69, 9.17) is 0 Å². The van der Waals surface area contributed by atoms with Gasteiger partial charge in [0.15, 0.2) is 0 Å². The summed E-state index contributed by atoms with van der Waals surface area (Å²) in [6, 6.07) is 4.95. The van der Waals surface area contributed by atoms with E-state index < -0.39 is 23.2 Å². The molecular formula is C14H15FNO3S-. The number of rotatable bonds is 4. The van der Waals surface area contributed by atoms with Crippen LogP contribution < -0.4 is 5.11 Å². The Morgan fingerprint density at radius 2 is 2.25 bits per heavy atom. The molecule has 2 rings (SSSR count). The summed E-state index contributed by atoms with van der Waals surface area (Å²) >= 11 is 1.32. The van der Waals surface area contributed by atoms with Gasteiger partial charge in [-0.05, 0) is 24.1 Å². The number of hydrogen-bond donors (Lipinski definition) is 0. The molecule has 1 saturated heterocycles. The normalized spacial score (nSPS) is 22.0. The fourth-order valence-electron chi connectivity index (χ4n) is 2.25. The Labute approximate surface area is 121 Å². The number of carboxylic acid groups (broad SMARTS) is 1. The molecule has 0 radical (unpaired) electrons. The van der Waals surface area contributed by atoms with Gasteiger partial charge in [-0.1, -0.05) is 19.1 Å². The number of amides is 1. The Morgan fingerprint density at radius 3 is 2.85 bits per heavy atom. The Morgan fingerprint density at radius 1 is 1.50 bits per heavy atom. The fraction of sp³-hybridized carbons (Fsp3) is 0.429. The van der Waals surface area contributed by atoms with Crippen LogP contribution in [0.15, 0.2) is 24.3 Å². The van der Waals surface area contributed by atoms with Gasteiger partial charge in [-0.3, -0.25) is 4.79 Å². The van der Waals surface area contributed by atoms with Crippen molar-refractivity contribution < 1.29 is 19.1 Å². The molecule has 0 bridgehead atoms. The second-order valence-electron chi connectivity index (χ2n) is 4.63. The summed E-state index contributed by atoms with van der Waals surface area (Å²) in [5, 5.41) is 10.7. The van der Waals surface area contributed by atoms with Crippen molar-refractivity contribution in [1.82, 2.24) is 4.90 Å². The molecule has 20 heavy (non-hydrogen) atoms. The standard InChI is InChI=1S/C14H16FNO3S/c1-2-4-12(17)16-11(14(18)19)8-20-13(16)9-5-3-6-10(15)7-9/h3,5-7,11,13H,2,4,8H2,1H3,(H,18,19)/p-1/t11-,13+/m1/s1. The quantitative estimate of drug-likeness (QED) is 0.841. The van der Waals surface area contributed by atoms with Crippen molar-refractivity contribution in [2.75, 3.05) is 5.75 Å². The van der Waals surface area contributed by atoms with Crippen LogP contribution in [0, 0.1) is 5.82 Å². The van der Waals surface area contributed by atoms with Crippen LogP contribution in [0.25, 0.3) is 0 Å². The van der Waals surface area contributed by atoms with Gasteiger partial charge >= 0.3 is 0 Å². The molecule has 1 aromatic rings. The number of thioether (sulfide) groups is 1. The molecule has 0 aromatic heterocycles. The molecule has 0 unspecified atom stereocenters. The van der Waals surface area contributed by atoms with E-state index in [1.807, 2.05) is 6.92 Å². The number of carbonyl (C=O) groups excluding carboxylic acids is 2. The minimum Gasteiger partial charge on any atom is -0.548 e. The summed E-state index contributed by atoms with van der Waals surface area (Å²) in [7, 11) is 0. The topological polar surface area (TPSA) is 60.4 Å². The minimum absolute atomic E-state index is 0.235. The fourth-order valence-corrected chi connectivity index (χ4v) is 3.68. The molecule has 1 aromatic carbocycles. The lowest BCUT2D eigenvalue weighted by Crippen LogP contribution is -2.48. The average Bonchev–Trinajstić information content (AvgIpc) is 2.83. The van der Waals surface area contributed by atoms with E-state index in [9.17, 15) is 19.1 Å². The second kappa shape index (κ2) is 6.26. The Balaban J connectivity index is 2.31. The van der Waals surface area contributed by atoms with E-state index in [-0.39, 0.29) is 18.1 Å². The molecule has 108 valence electrons. The van der Waals surface area contributed by atoms with Gasteiger partial charge in [0.05, 0.1) is 12.0 Å². The van der Waals surface area contributed by atoms with E-state index in [2.05, 4.69) is 0 Å². The number of aliphatic carboxylic acids is 1. The molecule has 4 nitrogen and oxygen atoms in total. The Bertz CT molecular complexity index is 523. The van der Waals surface area contributed by atoms with Crippen LogP contribution in [-0.4, -0.2) is 28.6 Å². The number of halogens is 1. The van der Waals surface area contributed by atoms with Crippen molar-refractivity contribution in [2.24, 2.45) is 0 Å². The van der Waals surface area contributed by atoms with Gasteiger partial charge in [0.25, 0.3) is 0 Å². The molecule has 1 fully saturated rings. The Kier molecular flexibility index (Phi) is 4.65. The largest absolute Gasteiger partial charge is 0.548 e. The molecule has 1 aliphatic heterocycles. The third-order valence-electron chi connectivity index (χ3n) is 3.16. The smallest absolute Gasteiger partial charge is 0.224 e. The number of carboxylic acids is 1. The lowest BCUT2D eigenvalue weighted by atomic mass is 10.1. The zero-order valence-corrected chi connectivity index (χ0v) is 11.9. The molecule has 0 saturated carbocycles. The number of carbonyl (C=O) groups is 2. The van der Waals surface area contributed by atoms with Crippen molar-refractivity contribution in [2.45, 2.75) is 31.2 Å². The van der Waals surface area contributed by atoms with Crippen LogP contribution >= 0.6 is 11.8 Å². The van der Waals surface area contributed by atoms with Gasteiger partial charge in [-0.2, -0.15) is 0 Å². The SMILES string of the molecule is CCCC(=O)N1[C@@H](C(=O)[O-])CS[C@H]1c1cccc(F)c1. The van der Waals surface area contributed by atoms with Crippen LogP contribution in [0.5, 0.6) is 0 Å². The average molecular weight is 296 g/mol. The van der Waals surface area contributed by atoms with Gasteiger partial charge in [-0.25, -0.2) is 4.39 Å². The summed E-state index contributed by atoms with van der Waals surface area (Å²) in [5.74, 6) is -1.64. The molecule has 2 atom stereocenters. The van der Waals surface area contributed by atoms with E-state index in [0.29, 0.717) is 12.0 Å². The van der Waals surface area contributed by atoms with Gasteiger partial charge in [0.1, 0.15) is 11.2 Å². The summed E-state index contributed by atoms with van der Waals surface area (Å²) in [5.41, 5.74) is 0.600. The molecule has 6 heteroatoms. The molecule has 1 heterocycles. The summed E-state index contributed by atoms with van der Waals surface area (Å²) in [6.45, 7) is 1.85. The highest BCUT2D eigenvalue weighted by atomic mass is 32.2. The maximum Gasteiger partial charge on any atom is 0.224 e. The summed E-state index contributed by atoms with van der Waals surface area (Å²) < 4.78 is 13.3. The first-order valence-corrected chi connectivity index (χ1v) is 7.48. The first-order chi connectivity index (χ1) is 9.54. The monoisotopic (exact) mass is 296 g/mol. The lowest BCUT2D eigenvalue weighted by Gasteiger charge is -2.30. The van der Waals surface area contributed by atoms with Gasteiger partial charge < -0.3 is 14.8 Å². The molecule has 1 aliphatic rings. The highest BCUT2D eigenvalue weighted by Crippen LogP contribution is 2.41. The number of hydrogen-bond acceptors (Lipinski definition) is 4. The first-order valence-electron chi connectivity index (χ1n) is 6.43. The predicted molar refractivity (Wildman–Crippen MR) is 72.1 cm³/mol. The predicted octanol–water partition coefficient (Wildman–Crippen LogP) is 1.32. The van der Waals surface area contributed by atoms with Crippen molar-refractivity contribution in [3.05, 3.63) is 35.6 Å². The van der Waals surface area contributed by atoms with Crippen LogP contribution in [0.4, 0.5) is 4.39 Å². The second-order valence-corrected chi connectivity index (χ2v) is 5.74. The molecule has 1 amide bonds. The van der Waals surface area contributed by atoms with Crippen molar-refractivity contribution in [3.63, 3.8) is 0 Å². The van der Waals surface area contributed by atoms with Gasteiger partial charge in [0.2, 0.25) is 5.91 Å².